The highest BCUT2D eigenvalue weighted by molar-refractivity contribution is 6.33. The molecule has 1 aliphatic rings. The number of rotatable bonds is 6. The average molecular weight is 297 g/mol. The molecule has 1 N–H and O–H groups in total. The van der Waals surface area contributed by atoms with E-state index in [0.29, 0.717) is 0 Å². The van der Waals surface area contributed by atoms with E-state index in [9.17, 15) is 0 Å². The molecule has 1 fully saturated rings. The van der Waals surface area contributed by atoms with Gasteiger partial charge in [-0.1, -0.05) is 23.7 Å². The predicted molar refractivity (Wildman–Crippen MR) is 85.7 cm³/mol. The van der Waals surface area contributed by atoms with Gasteiger partial charge in [-0.05, 0) is 38.3 Å². The Labute approximate surface area is 127 Å². The van der Waals surface area contributed by atoms with Gasteiger partial charge in [0.15, 0.2) is 0 Å². The van der Waals surface area contributed by atoms with Gasteiger partial charge in [0.25, 0.3) is 0 Å². The molecule has 1 aromatic rings. The van der Waals surface area contributed by atoms with Crippen LogP contribution in [0.5, 0.6) is 0 Å². The Morgan fingerprint density at radius 3 is 2.85 bits per heavy atom. The molecule has 0 atom stereocenters. The molecule has 1 heterocycles. The van der Waals surface area contributed by atoms with Crippen molar-refractivity contribution in [3.63, 3.8) is 0 Å². The van der Waals surface area contributed by atoms with Gasteiger partial charge in [0.1, 0.15) is 0 Å². The third kappa shape index (κ3) is 3.46. The van der Waals surface area contributed by atoms with Crippen LogP contribution in [0.4, 0.5) is 5.69 Å². The smallest absolute Gasteiger partial charge is 0.0643 e. The largest absolute Gasteiger partial charge is 0.383 e. The number of para-hydroxylation sites is 1. The summed E-state index contributed by atoms with van der Waals surface area (Å²) >= 11 is 6.48. The molecule has 0 saturated carbocycles. The Bertz CT molecular complexity index is 448. The first-order valence-electron chi connectivity index (χ1n) is 7.31. The van der Waals surface area contributed by atoms with E-state index in [1.807, 2.05) is 12.1 Å². The van der Waals surface area contributed by atoms with E-state index in [2.05, 4.69) is 30.1 Å². The second kappa shape index (κ2) is 6.79. The van der Waals surface area contributed by atoms with Crippen LogP contribution in [0.25, 0.3) is 0 Å². The molecule has 112 valence electrons. The molecule has 0 spiro atoms. The van der Waals surface area contributed by atoms with Crippen LogP contribution in [0.1, 0.15) is 32.3 Å². The first-order chi connectivity index (χ1) is 9.56. The van der Waals surface area contributed by atoms with Crippen molar-refractivity contribution in [2.24, 2.45) is 0 Å². The maximum absolute atomic E-state index is 6.48. The molecule has 1 aromatic carbocycles. The summed E-state index contributed by atoms with van der Waals surface area (Å²) in [7, 11) is 1.72. The first-order valence-corrected chi connectivity index (χ1v) is 7.69. The number of nitrogens with zero attached hydrogens (tertiary/aromatic N) is 1. The molecule has 4 heteroatoms. The summed E-state index contributed by atoms with van der Waals surface area (Å²) in [5.74, 6) is 0. The number of benzene rings is 1. The van der Waals surface area contributed by atoms with Crippen molar-refractivity contribution >= 4 is 17.3 Å². The summed E-state index contributed by atoms with van der Waals surface area (Å²) in [5.41, 5.74) is 2.65. The molecule has 0 radical (unpaired) electrons. The zero-order valence-corrected chi connectivity index (χ0v) is 13.5. The van der Waals surface area contributed by atoms with Crippen LogP contribution in [-0.4, -0.2) is 32.3 Å². The molecule has 2 rings (SSSR count). The van der Waals surface area contributed by atoms with Crippen LogP contribution in [0.2, 0.25) is 5.02 Å². The lowest BCUT2D eigenvalue weighted by Gasteiger charge is -2.36. The van der Waals surface area contributed by atoms with Crippen molar-refractivity contribution in [2.45, 2.75) is 38.8 Å². The highest BCUT2D eigenvalue weighted by atomic mass is 35.5. The number of hydrogen-bond acceptors (Lipinski definition) is 3. The molecule has 3 nitrogen and oxygen atoms in total. The van der Waals surface area contributed by atoms with Crippen molar-refractivity contribution < 1.29 is 4.74 Å². The number of methoxy groups -OCH3 is 1. The molecule has 0 unspecified atom stereocenters. The average Bonchev–Trinajstić information content (AvgIpc) is 2.74. The third-order valence-electron chi connectivity index (χ3n) is 4.04. The summed E-state index contributed by atoms with van der Waals surface area (Å²) in [6, 6.07) is 6.18. The first kappa shape index (κ1) is 15.6. The number of anilines is 1. The van der Waals surface area contributed by atoms with Crippen LogP contribution < -0.4 is 10.2 Å². The fraction of sp³-hybridized carbons (Fsp3) is 0.625. The summed E-state index contributed by atoms with van der Waals surface area (Å²) in [6.45, 7) is 8.08. The highest BCUT2D eigenvalue weighted by Crippen LogP contribution is 2.39. The Hall–Kier alpha value is -0.770. The molecule has 0 aliphatic carbocycles. The molecular weight excluding hydrogens is 272 g/mol. The molecule has 0 amide bonds. The minimum atomic E-state index is 0.187. The number of halogens is 1. The van der Waals surface area contributed by atoms with E-state index in [1.165, 1.54) is 24.1 Å². The summed E-state index contributed by atoms with van der Waals surface area (Å²) in [5, 5.41) is 4.26. The second-order valence-corrected chi connectivity index (χ2v) is 6.39. The standard InChI is InChI=1S/C16H25ClN2O/c1-16(2)8-5-10-19(16)15-13(6-4-7-14(15)17)12-18-9-11-20-3/h4,6-7,18H,5,8-12H2,1-3H3. The second-order valence-electron chi connectivity index (χ2n) is 5.98. The van der Waals surface area contributed by atoms with Crippen molar-refractivity contribution in [1.82, 2.24) is 5.32 Å². The van der Waals surface area contributed by atoms with Gasteiger partial charge in [-0.25, -0.2) is 0 Å². The number of hydrogen-bond donors (Lipinski definition) is 1. The zero-order chi connectivity index (χ0) is 14.6. The quantitative estimate of drug-likeness (QED) is 0.814. The normalized spacial score (nSPS) is 17.7. The Morgan fingerprint density at radius 1 is 1.40 bits per heavy atom. The van der Waals surface area contributed by atoms with Crippen molar-refractivity contribution in [3.8, 4) is 0 Å². The molecule has 20 heavy (non-hydrogen) atoms. The van der Waals surface area contributed by atoms with Crippen LogP contribution >= 0.6 is 11.6 Å². The minimum Gasteiger partial charge on any atom is -0.383 e. The van der Waals surface area contributed by atoms with Gasteiger partial charge < -0.3 is 15.0 Å². The van der Waals surface area contributed by atoms with Gasteiger partial charge in [0.05, 0.1) is 17.3 Å². The van der Waals surface area contributed by atoms with Crippen LogP contribution in [-0.2, 0) is 11.3 Å². The molecule has 1 saturated heterocycles. The van der Waals surface area contributed by atoms with Gasteiger partial charge in [-0.15, -0.1) is 0 Å². The lowest BCUT2D eigenvalue weighted by atomic mass is 10.0. The Kier molecular flexibility index (Phi) is 5.30. The zero-order valence-electron chi connectivity index (χ0n) is 12.7. The fourth-order valence-electron chi connectivity index (χ4n) is 2.92. The van der Waals surface area contributed by atoms with Gasteiger partial charge in [-0.3, -0.25) is 0 Å². The Balaban J connectivity index is 2.18. The molecule has 1 aliphatic heterocycles. The molecule has 0 aromatic heterocycles. The minimum absolute atomic E-state index is 0.187. The van der Waals surface area contributed by atoms with Crippen molar-refractivity contribution in [1.29, 1.82) is 0 Å². The van der Waals surface area contributed by atoms with E-state index in [4.69, 9.17) is 16.3 Å². The lowest BCUT2D eigenvalue weighted by molar-refractivity contribution is 0.199. The number of nitrogens with one attached hydrogen (secondary N) is 1. The van der Waals surface area contributed by atoms with Gasteiger partial charge >= 0.3 is 0 Å². The van der Waals surface area contributed by atoms with E-state index < -0.39 is 0 Å². The van der Waals surface area contributed by atoms with Gasteiger partial charge in [0, 0.05) is 32.3 Å². The maximum Gasteiger partial charge on any atom is 0.0643 e. The molecule has 0 bridgehead atoms. The van der Waals surface area contributed by atoms with E-state index >= 15 is 0 Å². The van der Waals surface area contributed by atoms with Gasteiger partial charge in [-0.2, -0.15) is 0 Å². The van der Waals surface area contributed by atoms with Gasteiger partial charge in [0.2, 0.25) is 0 Å². The fourth-order valence-corrected chi connectivity index (χ4v) is 3.22. The summed E-state index contributed by atoms with van der Waals surface area (Å²) in [6.07, 6.45) is 2.45. The van der Waals surface area contributed by atoms with Crippen molar-refractivity contribution in [3.05, 3.63) is 28.8 Å². The third-order valence-corrected chi connectivity index (χ3v) is 4.34. The Morgan fingerprint density at radius 2 is 2.20 bits per heavy atom. The van der Waals surface area contributed by atoms with Crippen LogP contribution in [0.15, 0.2) is 18.2 Å². The maximum atomic E-state index is 6.48. The van der Waals surface area contributed by atoms with Crippen molar-refractivity contribution in [2.75, 3.05) is 31.7 Å². The highest BCUT2D eigenvalue weighted by Gasteiger charge is 2.34. The topological polar surface area (TPSA) is 24.5 Å². The predicted octanol–water partition coefficient (Wildman–Crippen LogP) is 3.45. The molecular formula is C16H25ClN2O. The monoisotopic (exact) mass is 296 g/mol. The summed E-state index contributed by atoms with van der Waals surface area (Å²) in [4.78, 5) is 2.46. The summed E-state index contributed by atoms with van der Waals surface area (Å²) < 4.78 is 5.07. The van der Waals surface area contributed by atoms with Crippen LogP contribution in [0.3, 0.4) is 0 Å². The van der Waals surface area contributed by atoms with E-state index in [0.717, 1.165) is 31.3 Å². The van der Waals surface area contributed by atoms with E-state index in [1.54, 1.807) is 7.11 Å². The lowest BCUT2D eigenvalue weighted by Crippen LogP contribution is -2.39. The van der Waals surface area contributed by atoms with E-state index in [-0.39, 0.29) is 5.54 Å². The number of ether oxygens (including phenoxy) is 1. The SMILES string of the molecule is COCCNCc1cccc(Cl)c1N1CCCC1(C)C. The van der Waals surface area contributed by atoms with Crippen LogP contribution in [0, 0.1) is 0 Å².